The molecule has 2 fully saturated rings. The predicted octanol–water partition coefficient (Wildman–Crippen LogP) is 1.06. The van der Waals surface area contributed by atoms with E-state index in [2.05, 4.69) is 0 Å². The molecule has 2 N–H and O–H groups in total. The Morgan fingerprint density at radius 1 is 0.769 bits per heavy atom. The van der Waals surface area contributed by atoms with Crippen LogP contribution in [0.15, 0.2) is 24.3 Å². The molecule has 0 bridgehead atoms. The van der Waals surface area contributed by atoms with Crippen LogP contribution < -0.4 is 0 Å². The number of carboxylic acid groups (broad SMARTS) is 2. The molecule has 0 unspecified atom stereocenters. The first kappa shape index (κ1) is 17.9. The Hall–Kier alpha value is -2.90. The monoisotopic (exact) mass is 360 g/mol. The molecule has 26 heavy (non-hydrogen) atoms. The molecular weight excluding hydrogens is 340 g/mol. The maximum absolute atomic E-state index is 12.9. The fourth-order valence-electron chi connectivity index (χ4n) is 3.70. The number of rotatable bonds is 4. The third-order valence-corrected chi connectivity index (χ3v) is 4.99. The highest BCUT2D eigenvalue weighted by molar-refractivity contribution is 6.08. The summed E-state index contributed by atoms with van der Waals surface area (Å²) >= 11 is 0. The number of carbonyl (C=O) groups excluding carboxylic acids is 2. The molecule has 0 aliphatic carbocycles. The van der Waals surface area contributed by atoms with Gasteiger partial charge in [-0.1, -0.05) is 12.1 Å². The smallest absolute Gasteiger partial charge is 0.326 e. The molecule has 2 amide bonds. The largest absolute Gasteiger partial charge is 0.480 e. The zero-order valence-corrected chi connectivity index (χ0v) is 14.1. The van der Waals surface area contributed by atoms with Gasteiger partial charge < -0.3 is 20.0 Å². The van der Waals surface area contributed by atoms with Crippen LogP contribution in [0, 0.1) is 0 Å². The summed E-state index contributed by atoms with van der Waals surface area (Å²) in [6, 6.07) is 4.38. The minimum atomic E-state index is -1.06. The Labute approximate surface area is 150 Å². The van der Waals surface area contributed by atoms with Crippen molar-refractivity contribution in [2.75, 3.05) is 13.1 Å². The average molecular weight is 360 g/mol. The number of carbonyl (C=O) groups is 4. The standard InChI is InChI=1S/C18H20N2O6/c21-15(19-9-3-7-13(19)17(23)24)11-5-1-2-6-12(11)16(22)20-10-4-8-14(20)18(25)26/h1-2,5-6,13-14H,3-4,7-10H2,(H,23,24)(H,25,26)/t13-,14-/m0/s1. The van der Waals surface area contributed by atoms with Crippen molar-refractivity contribution in [1.29, 1.82) is 0 Å². The molecule has 138 valence electrons. The third-order valence-electron chi connectivity index (χ3n) is 4.99. The number of likely N-dealkylation sites (tertiary alicyclic amines) is 2. The van der Waals surface area contributed by atoms with Crippen molar-refractivity contribution < 1.29 is 29.4 Å². The number of hydrogen-bond acceptors (Lipinski definition) is 4. The minimum Gasteiger partial charge on any atom is -0.480 e. The number of nitrogens with zero attached hydrogens (tertiary/aromatic N) is 2. The van der Waals surface area contributed by atoms with Gasteiger partial charge in [0.15, 0.2) is 0 Å². The molecule has 0 radical (unpaired) electrons. The average Bonchev–Trinajstić information content (AvgIpc) is 3.29. The molecule has 3 rings (SSSR count). The van der Waals surface area contributed by atoms with Crippen molar-refractivity contribution >= 4 is 23.8 Å². The summed E-state index contributed by atoms with van der Waals surface area (Å²) in [6.07, 6.45) is 1.94. The molecule has 2 aliphatic heterocycles. The molecule has 1 aromatic rings. The van der Waals surface area contributed by atoms with Gasteiger partial charge in [0.1, 0.15) is 12.1 Å². The lowest BCUT2D eigenvalue weighted by atomic mass is 10.0. The lowest BCUT2D eigenvalue weighted by Gasteiger charge is -2.25. The van der Waals surface area contributed by atoms with Crippen LogP contribution >= 0.6 is 0 Å². The second kappa shape index (κ2) is 7.15. The number of carboxylic acids is 2. The molecule has 2 heterocycles. The zero-order valence-electron chi connectivity index (χ0n) is 14.1. The van der Waals surface area contributed by atoms with Crippen LogP contribution in [0.3, 0.4) is 0 Å². The van der Waals surface area contributed by atoms with Crippen LogP contribution in [-0.2, 0) is 9.59 Å². The first-order valence-corrected chi connectivity index (χ1v) is 8.58. The van der Waals surface area contributed by atoms with Gasteiger partial charge in [-0.3, -0.25) is 9.59 Å². The van der Waals surface area contributed by atoms with Crippen molar-refractivity contribution in [1.82, 2.24) is 9.80 Å². The van der Waals surface area contributed by atoms with E-state index in [9.17, 15) is 29.4 Å². The number of hydrogen-bond donors (Lipinski definition) is 2. The highest BCUT2D eigenvalue weighted by Gasteiger charge is 2.38. The van der Waals surface area contributed by atoms with Crippen LogP contribution in [0.5, 0.6) is 0 Å². The van der Waals surface area contributed by atoms with E-state index in [1.54, 1.807) is 12.1 Å². The molecule has 2 aliphatic rings. The van der Waals surface area contributed by atoms with Gasteiger partial charge in [0.2, 0.25) is 0 Å². The van der Waals surface area contributed by atoms with Gasteiger partial charge in [0, 0.05) is 13.1 Å². The summed E-state index contributed by atoms with van der Waals surface area (Å²) in [5, 5.41) is 18.6. The van der Waals surface area contributed by atoms with Crippen LogP contribution in [-0.4, -0.2) is 68.9 Å². The zero-order chi connectivity index (χ0) is 18.8. The lowest BCUT2D eigenvalue weighted by Crippen LogP contribution is -2.43. The SMILES string of the molecule is O=C(O)[C@@H]1CCCN1C(=O)c1ccccc1C(=O)N1CCC[C@H]1C(=O)O. The maximum Gasteiger partial charge on any atom is 0.326 e. The molecule has 2 saturated heterocycles. The van der Waals surface area contributed by atoms with E-state index in [4.69, 9.17) is 0 Å². The Kier molecular flexibility index (Phi) is 4.92. The van der Waals surface area contributed by atoms with Gasteiger partial charge in [0.05, 0.1) is 11.1 Å². The quantitative estimate of drug-likeness (QED) is 0.830. The van der Waals surface area contributed by atoms with Crippen molar-refractivity contribution in [3.8, 4) is 0 Å². The van der Waals surface area contributed by atoms with Gasteiger partial charge in [-0.2, -0.15) is 0 Å². The van der Waals surface area contributed by atoms with Crippen LogP contribution in [0.25, 0.3) is 0 Å². The van der Waals surface area contributed by atoms with E-state index in [0.29, 0.717) is 38.8 Å². The van der Waals surface area contributed by atoms with Crippen LogP contribution in [0.2, 0.25) is 0 Å². The van der Waals surface area contributed by atoms with Crippen molar-refractivity contribution in [2.45, 2.75) is 37.8 Å². The predicted molar refractivity (Wildman–Crippen MR) is 89.8 cm³/mol. The minimum absolute atomic E-state index is 0.113. The molecule has 8 nitrogen and oxygen atoms in total. The second-order valence-corrected chi connectivity index (χ2v) is 6.54. The van der Waals surface area contributed by atoms with E-state index >= 15 is 0 Å². The number of aliphatic carboxylic acids is 2. The number of amides is 2. The van der Waals surface area contributed by atoms with Gasteiger partial charge in [-0.25, -0.2) is 9.59 Å². The van der Waals surface area contributed by atoms with E-state index in [0.717, 1.165) is 0 Å². The molecule has 2 atom stereocenters. The molecular formula is C18H20N2O6. The lowest BCUT2D eigenvalue weighted by molar-refractivity contribution is -0.142. The van der Waals surface area contributed by atoms with E-state index < -0.39 is 35.8 Å². The summed E-state index contributed by atoms with van der Waals surface area (Å²) in [6.45, 7) is 0.638. The van der Waals surface area contributed by atoms with Gasteiger partial charge in [-0.15, -0.1) is 0 Å². The number of benzene rings is 1. The fraction of sp³-hybridized carbons (Fsp3) is 0.444. The van der Waals surface area contributed by atoms with E-state index in [1.807, 2.05) is 0 Å². The fourth-order valence-corrected chi connectivity index (χ4v) is 3.70. The summed E-state index contributed by atoms with van der Waals surface area (Å²) in [5.74, 6) is -3.15. The topological polar surface area (TPSA) is 115 Å². The van der Waals surface area contributed by atoms with Crippen molar-refractivity contribution in [2.24, 2.45) is 0 Å². The normalized spacial score (nSPS) is 22.5. The Balaban J connectivity index is 1.91. The Morgan fingerprint density at radius 2 is 1.15 bits per heavy atom. The van der Waals surface area contributed by atoms with E-state index in [-0.39, 0.29) is 11.1 Å². The highest BCUT2D eigenvalue weighted by Crippen LogP contribution is 2.25. The summed E-state index contributed by atoms with van der Waals surface area (Å²) in [4.78, 5) is 51.0. The molecule has 8 heteroatoms. The van der Waals surface area contributed by atoms with Crippen molar-refractivity contribution in [3.63, 3.8) is 0 Å². The van der Waals surface area contributed by atoms with E-state index in [1.165, 1.54) is 21.9 Å². The molecule has 0 aromatic heterocycles. The summed E-state index contributed by atoms with van der Waals surface area (Å²) in [7, 11) is 0. The van der Waals surface area contributed by atoms with Gasteiger partial charge >= 0.3 is 11.9 Å². The van der Waals surface area contributed by atoms with Gasteiger partial charge in [0.25, 0.3) is 11.8 Å². The van der Waals surface area contributed by atoms with Crippen molar-refractivity contribution in [3.05, 3.63) is 35.4 Å². The maximum atomic E-state index is 12.9. The second-order valence-electron chi connectivity index (χ2n) is 6.54. The summed E-state index contributed by atoms with van der Waals surface area (Å²) in [5.41, 5.74) is 0.225. The van der Waals surface area contributed by atoms with Crippen LogP contribution in [0.1, 0.15) is 46.4 Å². The first-order chi connectivity index (χ1) is 12.4. The summed E-state index contributed by atoms with van der Waals surface area (Å²) < 4.78 is 0. The Bertz CT molecular complexity index is 699. The molecule has 1 aromatic carbocycles. The first-order valence-electron chi connectivity index (χ1n) is 8.58. The van der Waals surface area contributed by atoms with Crippen LogP contribution in [0.4, 0.5) is 0 Å². The molecule has 0 spiro atoms. The van der Waals surface area contributed by atoms with Gasteiger partial charge in [-0.05, 0) is 37.8 Å². The molecule has 0 saturated carbocycles. The Morgan fingerprint density at radius 3 is 1.50 bits per heavy atom. The third kappa shape index (κ3) is 3.14. The highest BCUT2D eigenvalue weighted by atomic mass is 16.4.